The first kappa shape index (κ1) is 10.0. The van der Waals surface area contributed by atoms with Crippen LogP contribution in [0.1, 0.15) is 26.7 Å². The fraction of sp³-hybridized carbons (Fsp3) is 0.778. The van der Waals surface area contributed by atoms with Crippen LogP contribution < -0.4 is 0 Å². The van der Waals surface area contributed by atoms with Gasteiger partial charge in [0.1, 0.15) is 0 Å². The molecule has 1 amide bonds. The van der Waals surface area contributed by atoms with Crippen molar-refractivity contribution in [3.05, 3.63) is 0 Å². The number of hydrogen-bond donors (Lipinski definition) is 1. The lowest BCUT2D eigenvalue weighted by Crippen LogP contribution is -2.37. The lowest BCUT2D eigenvalue weighted by Gasteiger charge is -2.22. The fourth-order valence-corrected chi connectivity index (χ4v) is 1.29. The Morgan fingerprint density at radius 3 is 2.38 bits per heavy atom. The Labute approximate surface area is 77.5 Å². The van der Waals surface area contributed by atoms with Crippen molar-refractivity contribution in [3.63, 3.8) is 0 Å². The summed E-state index contributed by atoms with van der Waals surface area (Å²) in [6.07, 6.45) is 2.04. The summed E-state index contributed by atoms with van der Waals surface area (Å²) >= 11 is 0. The van der Waals surface area contributed by atoms with Crippen LogP contribution in [0, 0.1) is 5.92 Å². The molecule has 4 nitrogen and oxygen atoms in total. The molecule has 1 rings (SSSR count). The lowest BCUT2D eigenvalue weighted by molar-refractivity contribution is -0.142. The molecular weight excluding hydrogens is 170 g/mol. The molecule has 1 aliphatic carbocycles. The summed E-state index contributed by atoms with van der Waals surface area (Å²) in [7, 11) is 0. The molecule has 74 valence electrons. The fourth-order valence-electron chi connectivity index (χ4n) is 1.29. The van der Waals surface area contributed by atoms with E-state index in [2.05, 4.69) is 0 Å². The maximum absolute atomic E-state index is 11.1. The van der Waals surface area contributed by atoms with Gasteiger partial charge in [-0.3, -0.25) is 9.59 Å². The predicted molar refractivity (Wildman–Crippen MR) is 47.2 cm³/mol. The number of carbonyl (C=O) groups is 2. The van der Waals surface area contributed by atoms with Gasteiger partial charge in [-0.2, -0.15) is 0 Å². The van der Waals surface area contributed by atoms with Crippen molar-refractivity contribution >= 4 is 11.9 Å². The van der Waals surface area contributed by atoms with Gasteiger partial charge in [0.25, 0.3) is 0 Å². The van der Waals surface area contributed by atoms with Crippen molar-refractivity contribution < 1.29 is 14.7 Å². The molecule has 0 spiro atoms. The van der Waals surface area contributed by atoms with E-state index in [1.54, 1.807) is 11.8 Å². The number of nitrogens with zero attached hydrogens (tertiary/aromatic N) is 1. The first-order valence-corrected chi connectivity index (χ1v) is 4.52. The number of carboxylic acids is 1. The van der Waals surface area contributed by atoms with E-state index in [0.717, 1.165) is 12.8 Å². The minimum atomic E-state index is -0.841. The first-order valence-electron chi connectivity index (χ1n) is 4.52. The van der Waals surface area contributed by atoms with Crippen LogP contribution in [0.4, 0.5) is 0 Å². The van der Waals surface area contributed by atoms with Crippen molar-refractivity contribution in [2.24, 2.45) is 5.92 Å². The number of aliphatic carboxylic acids is 1. The molecule has 1 N–H and O–H groups in total. The number of carboxylic acid groups (broad SMARTS) is 1. The van der Waals surface area contributed by atoms with Crippen molar-refractivity contribution in [1.29, 1.82) is 0 Å². The summed E-state index contributed by atoms with van der Waals surface area (Å²) < 4.78 is 0. The van der Waals surface area contributed by atoms with Gasteiger partial charge in [0.05, 0.1) is 5.92 Å². The third-order valence-electron chi connectivity index (χ3n) is 2.28. The molecule has 1 atom stereocenters. The number of rotatable bonds is 4. The minimum absolute atomic E-state index is 0.0180. The van der Waals surface area contributed by atoms with E-state index in [-0.39, 0.29) is 5.91 Å². The molecule has 0 aromatic carbocycles. The SMILES string of the molecule is CC(=O)N(CC(C)C(=O)O)C1CC1. The van der Waals surface area contributed by atoms with Crippen molar-refractivity contribution in [2.75, 3.05) is 6.54 Å². The minimum Gasteiger partial charge on any atom is -0.481 e. The molecule has 4 heteroatoms. The van der Waals surface area contributed by atoms with E-state index >= 15 is 0 Å². The summed E-state index contributed by atoms with van der Waals surface area (Å²) in [5.74, 6) is -1.33. The van der Waals surface area contributed by atoms with E-state index in [1.165, 1.54) is 6.92 Å². The number of hydrogen-bond acceptors (Lipinski definition) is 2. The second-order valence-corrected chi connectivity index (χ2v) is 3.64. The zero-order valence-electron chi connectivity index (χ0n) is 7.99. The van der Waals surface area contributed by atoms with Crippen LogP contribution in [0.3, 0.4) is 0 Å². The van der Waals surface area contributed by atoms with Gasteiger partial charge in [0, 0.05) is 19.5 Å². The molecule has 0 aliphatic heterocycles. The van der Waals surface area contributed by atoms with Crippen LogP contribution >= 0.6 is 0 Å². The maximum atomic E-state index is 11.1. The highest BCUT2D eigenvalue weighted by Gasteiger charge is 2.32. The van der Waals surface area contributed by atoms with Crippen molar-refractivity contribution in [3.8, 4) is 0 Å². The van der Waals surface area contributed by atoms with Gasteiger partial charge in [0.15, 0.2) is 0 Å². The Morgan fingerprint density at radius 1 is 1.54 bits per heavy atom. The second-order valence-electron chi connectivity index (χ2n) is 3.64. The van der Waals surface area contributed by atoms with Gasteiger partial charge in [-0.05, 0) is 12.8 Å². The highest BCUT2D eigenvalue weighted by Crippen LogP contribution is 2.27. The van der Waals surface area contributed by atoms with Gasteiger partial charge in [-0.1, -0.05) is 6.92 Å². The van der Waals surface area contributed by atoms with Gasteiger partial charge >= 0.3 is 5.97 Å². The molecule has 0 bridgehead atoms. The summed E-state index contributed by atoms with van der Waals surface area (Å²) in [5, 5.41) is 8.68. The monoisotopic (exact) mass is 185 g/mol. The average Bonchev–Trinajstić information content (AvgIpc) is 2.81. The smallest absolute Gasteiger partial charge is 0.308 e. The molecule has 0 aromatic rings. The second kappa shape index (κ2) is 3.77. The largest absolute Gasteiger partial charge is 0.481 e. The number of carbonyl (C=O) groups excluding carboxylic acids is 1. The molecule has 0 radical (unpaired) electrons. The summed E-state index contributed by atoms with van der Waals surface area (Å²) in [5.41, 5.74) is 0. The average molecular weight is 185 g/mol. The van der Waals surface area contributed by atoms with E-state index in [0.29, 0.717) is 12.6 Å². The van der Waals surface area contributed by atoms with E-state index in [1.807, 2.05) is 0 Å². The Balaban J connectivity index is 2.47. The topological polar surface area (TPSA) is 57.6 Å². The van der Waals surface area contributed by atoms with Gasteiger partial charge in [-0.15, -0.1) is 0 Å². The zero-order chi connectivity index (χ0) is 10.0. The van der Waals surface area contributed by atoms with E-state index in [9.17, 15) is 9.59 Å². The molecule has 1 saturated carbocycles. The maximum Gasteiger partial charge on any atom is 0.308 e. The highest BCUT2D eigenvalue weighted by molar-refractivity contribution is 5.75. The summed E-state index contributed by atoms with van der Waals surface area (Å²) in [6, 6.07) is 0.305. The molecule has 1 fully saturated rings. The number of amides is 1. The van der Waals surface area contributed by atoms with Crippen LogP contribution in [0.25, 0.3) is 0 Å². The van der Waals surface area contributed by atoms with Crippen molar-refractivity contribution in [2.45, 2.75) is 32.7 Å². The standard InChI is InChI=1S/C9H15NO3/c1-6(9(12)13)5-10(7(2)11)8-3-4-8/h6,8H,3-5H2,1-2H3,(H,12,13). The molecule has 1 unspecified atom stereocenters. The Bertz CT molecular complexity index is 223. The quantitative estimate of drug-likeness (QED) is 0.702. The Kier molecular flexibility index (Phi) is 2.90. The Hall–Kier alpha value is -1.06. The van der Waals surface area contributed by atoms with Gasteiger partial charge in [-0.25, -0.2) is 0 Å². The van der Waals surface area contributed by atoms with E-state index < -0.39 is 11.9 Å². The van der Waals surface area contributed by atoms with Crippen LogP contribution in [-0.2, 0) is 9.59 Å². The van der Waals surface area contributed by atoms with Crippen LogP contribution in [0.5, 0.6) is 0 Å². The lowest BCUT2D eigenvalue weighted by atomic mass is 10.1. The van der Waals surface area contributed by atoms with Gasteiger partial charge < -0.3 is 10.0 Å². The Morgan fingerprint density at radius 2 is 2.08 bits per heavy atom. The highest BCUT2D eigenvalue weighted by atomic mass is 16.4. The molecule has 0 aromatic heterocycles. The van der Waals surface area contributed by atoms with Crippen LogP contribution in [0.15, 0.2) is 0 Å². The summed E-state index contributed by atoms with van der Waals surface area (Å²) in [4.78, 5) is 23.3. The summed E-state index contributed by atoms with van der Waals surface area (Å²) in [6.45, 7) is 3.46. The zero-order valence-corrected chi connectivity index (χ0v) is 7.99. The molecular formula is C9H15NO3. The molecule has 0 saturated heterocycles. The third kappa shape index (κ3) is 2.72. The molecule has 0 heterocycles. The first-order chi connectivity index (χ1) is 6.02. The normalized spacial score (nSPS) is 18.0. The molecule has 13 heavy (non-hydrogen) atoms. The molecule has 1 aliphatic rings. The third-order valence-corrected chi connectivity index (χ3v) is 2.28. The predicted octanol–water partition coefficient (Wildman–Crippen LogP) is 0.718. The van der Waals surface area contributed by atoms with Crippen LogP contribution in [0.2, 0.25) is 0 Å². The van der Waals surface area contributed by atoms with Crippen molar-refractivity contribution in [1.82, 2.24) is 4.90 Å². The van der Waals surface area contributed by atoms with E-state index in [4.69, 9.17) is 5.11 Å². The van der Waals surface area contributed by atoms with Crippen LogP contribution in [-0.4, -0.2) is 34.5 Å². The van der Waals surface area contributed by atoms with Gasteiger partial charge in [0.2, 0.25) is 5.91 Å².